The van der Waals surface area contributed by atoms with Crippen molar-refractivity contribution < 1.29 is 14.7 Å². The molecule has 3 N–H and O–H groups in total. The number of rotatable bonds is 4. The highest BCUT2D eigenvalue weighted by atomic mass is 16.4. The zero-order valence-electron chi connectivity index (χ0n) is 12.2. The van der Waals surface area contributed by atoms with Crippen LogP contribution in [0.15, 0.2) is 0 Å². The number of aliphatic carboxylic acids is 1. The second-order valence-corrected chi connectivity index (χ2v) is 6.24. The predicted octanol–water partition coefficient (Wildman–Crippen LogP) is 2.37. The van der Waals surface area contributed by atoms with Crippen LogP contribution < -0.4 is 10.6 Å². The van der Waals surface area contributed by atoms with Crippen molar-refractivity contribution in [2.75, 3.05) is 6.54 Å². The molecule has 1 rings (SSSR count). The Kier molecular flexibility index (Phi) is 5.63. The van der Waals surface area contributed by atoms with Crippen molar-refractivity contribution in [2.24, 2.45) is 11.3 Å². The number of hydrogen-bond donors (Lipinski definition) is 3. The van der Waals surface area contributed by atoms with Crippen molar-refractivity contribution in [2.45, 2.75) is 58.9 Å². The SMILES string of the molecule is CC1CCCCCC1NC(=O)NCC(C)(C)C(=O)O. The summed E-state index contributed by atoms with van der Waals surface area (Å²) in [6.07, 6.45) is 5.77. The van der Waals surface area contributed by atoms with E-state index in [1.54, 1.807) is 13.8 Å². The van der Waals surface area contributed by atoms with E-state index in [9.17, 15) is 9.59 Å². The minimum absolute atomic E-state index is 0.134. The van der Waals surface area contributed by atoms with Crippen LogP contribution in [0.5, 0.6) is 0 Å². The average Bonchev–Trinajstić information content (AvgIpc) is 2.52. The van der Waals surface area contributed by atoms with E-state index in [1.165, 1.54) is 12.8 Å². The van der Waals surface area contributed by atoms with Crippen LogP contribution in [0.4, 0.5) is 4.79 Å². The standard InChI is InChI=1S/C14H26N2O3/c1-10-7-5-4-6-8-11(10)16-13(19)15-9-14(2,3)12(17)18/h10-11H,4-9H2,1-3H3,(H,17,18)(H2,15,16,19). The fourth-order valence-electron chi connectivity index (χ4n) is 2.30. The van der Waals surface area contributed by atoms with Gasteiger partial charge in [-0.25, -0.2) is 4.79 Å². The average molecular weight is 270 g/mol. The first kappa shape index (κ1) is 15.8. The van der Waals surface area contributed by atoms with Gasteiger partial charge in [0.1, 0.15) is 0 Å². The van der Waals surface area contributed by atoms with Gasteiger partial charge in [-0.15, -0.1) is 0 Å². The summed E-state index contributed by atoms with van der Waals surface area (Å²) in [4.78, 5) is 22.8. The summed E-state index contributed by atoms with van der Waals surface area (Å²) in [7, 11) is 0. The molecule has 0 bridgehead atoms. The lowest BCUT2D eigenvalue weighted by Gasteiger charge is -2.25. The van der Waals surface area contributed by atoms with Crippen LogP contribution in [-0.2, 0) is 4.79 Å². The summed E-state index contributed by atoms with van der Waals surface area (Å²) < 4.78 is 0. The van der Waals surface area contributed by atoms with Gasteiger partial charge in [-0.05, 0) is 32.6 Å². The number of nitrogens with one attached hydrogen (secondary N) is 2. The quantitative estimate of drug-likeness (QED) is 0.686. The highest BCUT2D eigenvalue weighted by Gasteiger charge is 2.28. The van der Waals surface area contributed by atoms with Gasteiger partial charge in [0.15, 0.2) is 0 Å². The van der Waals surface area contributed by atoms with E-state index in [2.05, 4.69) is 17.6 Å². The molecule has 1 fully saturated rings. The molecule has 0 aromatic rings. The Labute approximate surface area is 115 Å². The maximum absolute atomic E-state index is 11.8. The second-order valence-electron chi connectivity index (χ2n) is 6.24. The molecule has 5 heteroatoms. The Balaban J connectivity index is 2.40. The van der Waals surface area contributed by atoms with Crippen molar-refractivity contribution in [3.8, 4) is 0 Å². The number of urea groups is 1. The maximum atomic E-state index is 11.8. The number of carboxylic acid groups (broad SMARTS) is 1. The first-order chi connectivity index (χ1) is 8.83. The zero-order valence-corrected chi connectivity index (χ0v) is 12.2. The molecular weight excluding hydrogens is 244 g/mol. The first-order valence-corrected chi connectivity index (χ1v) is 7.10. The van der Waals surface area contributed by atoms with Crippen molar-refractivity contribution >= 4 is 12.0 Å². The van der Waals surface area contributed by atoms with Crippen molar-refractivity contribution in [1.82, 2.24) is 10.6 Å². The highest BCUT2D eigenvalue weighted by molar-refractivity contribution is 5.77. The van der Waals surface area contributed by atoms with E-state index in [1.807, 2.05) is 0 Å². The summed E-state index contributed by atoms with van der Waals surface area (Å²) in [6.45, 7) is 5.50. The Morgan fingerprint density at radius 1 is 1.21 bits per heavy atom. The van der Waals surface area contributed by atoms with Gasteiger partial charge in [-0.2, -0.15) is 0 Å². The van der Waals surface area contributed by atoms with Gasteiger partial charge >= 0.3 is 12.0 Å². The molecular formula is C14H26N2O3. The molecule has 2 unspecified atom stereocenters. The molecule has 0 heterocycles. The summed E-state index contributed by atoms with van der Waals surface area (Å²) >= 11 is 0. The summed E-state index contributed by atoms with van der Waals surface area (Å²) in [5, 5.41) is 14.6. The molecule has 0 aromatic heterocycles. The number of hydrogen-bond acceptors (Lipinski definition) is 2. The third kappa shape index (κ3) is 5.09. The highest BCUT2D eigenvalue weighted by Crippen LogP contribution is 2.22. The second kappa shape index (κ2) is 6.78. The van der Waals surface area contributed by atoms with Gasteiger partial charge in [0.05, 0.1) is 5.41 Å². The van der Waals surface area contributed by atoms with Crippen LogP contribution >= 0.6 is 0 Å². The van der Waals surface area contributed by atoms with E-state index in [0.717, 1.165) is 19.3 Å². The number of carbonyl (C=O) groups is 2. The van der Waals surface area contributed by atoms with Crippen molar-refractivity contribution in [3.63, 3.8) is 0 Å². The third-order valence-corrected chi connectivity index (χ3v) is 3.95. The van der Waals surface area contributed by atoms with Crippen molar-refractivity contribution in [3.05, 3.63) is 0 Å². The number of carboxylic acids is 1. The van der Waals surface area contributed by atoms with Gasteiger partial charge < -0.3 is 15.7 Å². The minimum atomic E-state index is -0.938. The molecule has 0 aromatic carbocycles. The van der Waals surface area contributed by atoms with E-state index in [-0.39, 0.29) is 18.6 Å². The van der Waals surface area contributed by atoms with Crippen LogP contribution in [0.1, 0.15) is 52.9 Å². The number of amides is 2. The third-order valence-electron chi connectivity index (χ3n) is 3.95. The van der Waals surface area contributed by atoms with E-state index < -0.39 is 11.4 Å². The first-order valence-electron chi connectivity index (χ1n) is 7.10. The molecule has 110 valence electrons. The normalized spacial score (nSPS) is 24.4. The topological polar surface area (TPSA) is 78.4 Å². The van der Waals surface area contributed by atoms with Gasteiger partial charge in [-0.1, -0.05) is 26.2 Å². The van der Waals surface area contributed by atoms with E-state index in [0.29, 0.717) is 5.92 Å². The van der Waals surface area contributed by atoms with Gasteiger partial charge in [0, 0.05) is 12.6 Å². The van der Waals surface area contributed by atoms with Crippen LogP contribution in [0, 0.1) is 11.3 Å². The lowest BCUT2D eigenvalue weighted by molar-refractivity contribution is -0.146. The predicted molar refractivity (Wildman–Crippen MR) is 74.0 cm³/mol. The molecule has 0 saturated heterocycles. The summed E-state index contributed by atoms with van der Waals surface area (Å²) in [6, 6.07) is -0.0523. The zero-order chi connectivity index (χ0) is 14.5. The van der Waals surface area contributed by atoms with E-state index >= 15 is 0 Å². The lowest BCUT2D eigenvalue weighted by Crippen LogP contribution is -2.48. The van der Waals surface area contributed by atoms with Gasteiger partial charge in [0.25, 0.3) is 0 Å². The minimum Gasteiger partial charge on any atom is -0.481 e. The van der Waals surface area contributed by atoms with Gasteiger partial charge in [0.2, 0.25) is 0 Å². The summed E-state index contributed by atoms with van der Waals surface area (Å²) in [5.74, 6) is -0.420. The van der Waals surface area contributed by atoms with E-state index in [4.69, 9.17) is 5.11 Å². The molecule has 1 aliphatic carbocycles. The molecule has 0 spiro atoms. The van der Waals surface area contributed by atoms with Crippen molar-refractivity contribution in [1.29, 1.82) is 0 Å². The Bertz CT molecular complexity index is 329. The summed E-state index contributed by atoms with van der Waals surface area (Å²) in [5.41, 5.74) is -0.938. The van der Waals surface area contributed by atoms with Gasteiger partial charge in [-0.3, -0.25) is 4.79 Å². The monoisotopic (exact) mass is 270 g/mol. The molecule has 2 amide bonds. The van der Waals surface area contributed by atoms with Crippen LogP contribution in [0.2, 0.25) is 0 Å². The maximum Gasteiger partial charge on any atom is 0.315 e. The Morgan fingerprint density at radius 3 is 2.47 bits per heavy atom. The molecule has 2 atom stereocenters. The number of carbonyl (C=O) groups excluding carboxylic acids is 1. The molecule has 0 radical (unpaired) electrons. The Hall–Kier alpha value is -1.26. The van der Waals surface area contributed by atoms with Crippen LogP contribution in [0.25, 0.3) is 0 Å². The smallest absolute Gasteiger partial charge is 0.315 e. The van der Waals surface area contributed by atoms with Crippen LogP contribution in [-0.4, -0.2) is 29.7 Å². The fraction of sp³-hybridized carbons (Fsp3) is 0.857. The van der Waals surface area contributed by atoms with Crippen LogP contribution in [0.3, 0.4) is 0 Å². The molecule has 19 heavy (non-hydrogen) atoms. The Morgan fingerprint density at radius 2 is 1.84 bits per heavy atom. The lowest BCUT2D eigenvalue weighted by atomic mass is 9.94. The fourth-order valence-corrected chi connectivity index (χ4v) is 2.30. The molecule has 1 saturated carbocycles. The molecule has 0 aliphatic heterocycles. The molecule has 5 nitrogen and oxygen atoms in total. The molecule has 1 aliphatic rings. The largest absolute Gasteiger partial charge is 0.481 e.